The molecule has 1 aromatic carbocycles. The fourth-order valence-electron chi connectivity index (χ4n) is 2.63. The van der Waals surface area contributed by atoms with E-state index in [2.05, 4.69) is 18.3 Å². The Hall–Kier alpha value is -1.31. The average Bonchev–Trinajstić information content (AvgIpc) is 3.12. The molecule has 0 radical (unpaired) electrons. The minimum Gasteiger partial charge on any atom is -0.349 e. The zero-order valence-electron chi connectivity index (χ0n) is 9.62. The predicted octanol–water partition coefficient (Wildman–Crippen LogP) is 2.63. The number of rotatable bonds is 2. The highest BCUT2D eigenvalue weighted by Crippen LogP contribution is 2.43. The summed E-state index contributed by atoms with van der Waals surface area (Å²) < 4.78 is 0. The van der Waals surface area contributed by atoms with Crippen molar-refractivity contribution in [3.8, 4) is 0 Å². The fourth-order valence-corrected chi connectivity index (χ4v) is 2.63. The van der Waals surface area contributed by atoms with Gasteiger partial charge < -0.3 is 5.32 Å². The summed E-state index contributed by atoms with van der Waals surface area (Å²) in [6.07, 6.45) is 4.64. The number of carbonyl (C=O) groups excluding carboxylic acids is 1. The van der Waals surface area contributed by atoms with Crippen LogP contribution >= 0.6 is 0 Å². The first-order chi connectivity index (χ1) is 7.79. The highest BCUT2D eigenvalue weighted by atomic mass is 16.1. The van der Waals surface area contributed by atoms with E-state index in [1.807, 2.05) is 12.1 Å². The van der Waals surface area contributed by atoms with Crippen LogP contribution in [0.1, 0.15) is 53.6 Å². The highest BCUT2D eigenvalue weighted by Gasteiger charge is 2.31. The molecule has 0 spiro atoms. The molecule has 2 nitrogen and oxygen atoms in total. The third-order valence-electron chi connectivity index (χ3n) is 3.75. The molecule has 1 aromatic rings. The number of benzene rings is 1. The topological polar surface area (TPSA) is 29.1 Å². The summed E-state index contributed by atoms with van der Waals surface area (Å²) in [5.41, 5.74) is 3.67. The normalized spacial score (nSPS) is 23.8. The maximum atomic E-state index is 11.9. The van der Waals surface area contributed by atoms with Gasteiger partial charge in [0.2, 0.25) is 0 Å². The Bertz CT molecular complexity index is 434. The van der Waals surface area contributed by atoms with Crippen molar-refractivity contribution in [1.29, 1.82) is 0 Å². The molecular weight excluding hydrogens is 198 g/mol. The molecule has 84 valence electrons. The van der Waals surface area contributed by atoms with Crippen molar-refractivity contribution in [3.05, 3.63) is 34.9 Å². The van der Waals surface area contributed by atoms with Crippen molar-refractivity contribution in [2.45, 2.75) is 44.6 Å². The van der Waals surface area contributed by atoms with E-state index < -0.39 is 0 Å². The summed E-state index contributed by atoms with van der Waals surface area (Å²) in [4.78, 5) is 11.9. The lowest BCUT2D eigenvalue weighted by atomic mass is 9.88. The first-order valence-corrected chi connectivity index (χ1v) is 6.22. The van der Waals surface area contributed by atoms with Gasteiger partial charge in [-0.1, -0.05) is 19.1 Å². The highest BCUT2D eigenvalue weighted by molar-refractivity contribution is 5.97. The number of carbonyl (C=O) groups is 1. The van der Waals surface area contributed by atoms with Gasteiger partial charge in [-0.3, -0.25) is 4.79 Å². The van der Waals surface area contributed by atoms with E-state index >= 15 is 0 Å². The lowest BCUT2D eigenvalue weighted by Crippen LogP contribution is -2.41. The molecule has 1 fully saturated rings. The van der Waals surface area contributed by atoms with Crippen molar-refractivity contribution in [3.63, 3.8) is 0 Å². The van der Waals surface area contributed by atoms with Crippen LogP contribution in [-0.4, -0.2) is 11.9 Å². The SMILES string of the molecule is CCC1Cc2c(cccc2C2CC2)C(=O)N1. The van der Waals surface area contributed by atoms with Crippen LogP contribution in [0.2, 0.25) is 0 Å². The molecule has 1 amide bonds. The largest absolute Gasteiger partial charge is 0.349 e. The van der Waals surface area contributed by atoms with Crippen LogP contribution in [0.15, 0.2) is 18.2 Å². The van der Waals surface area contributed by atoms with Crippen molar-refractivity contribution >= 4 is 5.91 Å². The quantitative estimate of drug-likeness (QED) is 0.807. The predicted molar refractivity (Wildman–Crippen MR) is 63.7 cm³/mol. The van der Waals surface area contributed by atoms with Crippen LogP contribution in [0.5, 0.6) is 0 Å². The van der Waals surface area contributed by atoms with Crippen LogP contribution in [-0.2, 0) is 6.42 Å². The number of nitrogens with one attached hydrogen (secondary N) is 1. The molecule has 0 bridgehead atoms. The number of fused-ring (bicyclic) bond motifs is 1. The van der Waals surface area contributed by atoms with Gasteiger partial charge in [-0.05, 0) is 48.8 Å². The smallest absolute Gasteiger partial charge is 0.251 e. The van der Waals surface area contributed by atoms with Gasteiger partial charge in [-0.25, -0.2) is 0 Å². The van der Waals surface area contributed by atoms with Crippen molar-refractivity contribution < 1.29 is 4.79 Å². The van der Waals surface area contributed by atoms with Crippen molar-refractivity contribution in [2.75, 3.05) is 0 Å². The standard InChI is InChI=1S/C14H17NO/c1-2-10-8-13-11(9-6-7-9)4-3-5-12(13)14(16)15-10/h3-5,9-10H,2,6-8H2,1H3,(H,15,16). The molecule has 1 N–H and O–H groups in total. The van der Waals surface area contributed by atoms with Crippen LogP contribution < -0.4 is 5.32 Å². The average molecular weight is 215 g/mol. The van der Waals surface area contributed by atoms with E-state index in [4.69, 9.17) is 0 Å². The Morgan fingerprint density at radius 3 is 2.88 bits per heavy atom. The molecule has 1 aliphatic heterocycles. The van der Waals surface area contributed by atoms with Gasteiger partial charge in [0, 0.05) is 11.6 Å². The fraction of sp³-hybridized carbons (Fsp3) is 0.500. The minimum absolute atomic E-state index is 0.121. The molecule has 1 unspecified atom stereocenters. The second kappa shape index (κ2) is 3.62. The molecule has 0 aromatic heterocycles. The van der Waals surface area contributed by atoms with Crippen molar-refractivity contribution in [2.24, 2.45) is 0 Å². The summed E-state index contributed by atoms with van der Waals surface area (Å²) in [5, 5.41) is 3.07. The van der Waals surface area contributed by atoms with Gasteiger partial charge >= 0.3 is 0 Å². The third kappa shape index (κ3) is 1.53. The summed E-state index contributed by atoms with van der Waals surface area (Å²) in [7, 11) is 0. The molecule has 1 atom stereocenters. The summed E-state index contributed by atoms with van der Waals surface area (Å²) >= 11 is 0. The monoisotopic (exact) mass is 215 g/mol. The molecule has 1 aliphatic carbocycles. The number of hydrogen-bond acceptors (Lipinski definition) is 1. The Labute approximate surface area is 96.1 Å². The molecule has 1 saturated carbocycles. The molecule has 2 aliphatic rings. The van der Waals surface area contributed by atoms with E-state index in [1.165, 1.54) is 24.0 Å². The van der Waals surface area contributed by atoms with E-state index in [0.29, 0.717) is 6.04 Å². The molecule has 2 heteroatoms. The first kappa shape index (κ1) is 9.88. The number of hydrogen-bond donors (Lipinski definition) is 1. The van der Waals surface area contributed by atoms with Gasteiger partial charge in [0.1, 0.15) is 0 Å². The second-order valence-corrected chi connectivity index (χ2v) is 4.93. The summed E-state index contributed by atoms with van der Waals surface area (Å²) in [6.45, 7) is 2.13. The van der Waals surface area contributed by atoms with Gasteiger partial charge in [-0.15, -0.1) is 0 Å². The van der Waals surface area contributed by atoms with Crippen molar-refractivity contribution in [1.82, 2.24) is 5.32 Å². The van der Waals surface area contributed by atoms with Crippen LogP contribution in [0.25, 0.3) is 0 Å². The van der Waals surface area contributed by atoms with E-state index in [0.717, 1.165) is 24.3 Å². The molecule has 0 saturated heterocycles. The zero-order chi connectivity index (χ0) is 11.1. The second-order valence-electron chi connectivity index (χ2n) is 4.93. The summed E-state index contributed by atoms with van der Waals surface area (Å²) in [5.74, 6) is 0.856. The number of amides is 1. The molecule has 3 rings (SSSR count). The Morgan fingerprint density at radius 1 is 1.38 bits per heavy atom. The van der Waals surface area contributed by atoms with E-state index in [-0.39, 0.29) is 5.91 Å². The van der Waals surface area contributed by atoms with Crippen LogP contribution in [0, 0.1) is 0 Å². The molecule has 1 heterocycles. The van der Waals surface area contributed by atoms with Crippen LogP contribution in [0.4, 0.5) is 0 Å². The first-order valence-electron chi connectivity index (χ1n) is 6.22. The Balaban J connectivity index is 2.05. The van der Waals surface area contributed by atoms with E-state index in [1.54, 1.807) is 0 Å². The third-order valence-corrected chi connectivity index (χ3v) is 3.75. The van der Waals surface area contributed by atoms with E-state index in [9.17, 15) is 4.79 Å². The maximum Gasteiger partial charge on any atom is 0.251 e. The summed E-state index contributed by atoms with van der Waals surface area (Å²) in [6, 6.07) is 6.53. The maximum absolute atomic E-state index is 11.9. The zero-order valence-corrected chi connectivity index (χ0v) is 9.62. The molecule has 16 heavy (non-hydrogen) atoms. The lowest BCUT2D eigenvalue weighted by molar-refractivity contribution is 0.0924. The Kier molecular flexibility index (Phi) is 2.23. The van der Waals surface area contributed by atoms with Crippen LogP contribution in [0.3, 0.4) is 0 Å². The van der Waals surface area contributed by atoms with Gasteiger partial charge in [0.25, 0.3) is 5.91 Å². The van der Waals surface area contributed by atoms with Gasteiger partial charge in [0.05, 0.1) is 0 Å². The lowest BCUT2D eigenvalue weighted by Gasteiger charge is -2.26. The van der Waals surface area contributed by atoms with Gasteiger partial charge in [-0.2, -0.15) is 0 Å². The Morgan fingerprint density at radius 2 is 2.19 bits per heavy atom. The molecular formula is C14H17NO. The minimum atomic E-state index is 0.121. The van der Waals surface area contributed by atoms with Gasteiger partial charge in [0.15, 0.2) is 0 Å².